The van der Waals surface area contributed by atoms with Crippen molar-refractivity contribution in [1.29, 1.82) is 0 Å². The lowest BCUT2D eigenvalue weighted by molar-refractivity contribution is 0.834. The zero-order valence-corrected chi connectivity index (χ0v) is 17.8. The van der Waals surface area contributed by atoms with Crippen molar-refractivity contribution in [2.24, 2.45) is 0 Å². The number of rotatable bonds is 5. The number of nitrogens with zero attached hydrogens (tertiary/aromatic N) is 4. The summed E-state index contributed by atoms with van der Waals surface area (Å²) < 4.78 is 1.72. The highest BCUT2D eigenvalue weighted by molar-refractivity contribution is 7.98. The molecule has 0 aliphatic rings. The minimum Gasteiger partial charge on any atom is -0.309 e. The van der Waals surface area contributed by atoms with Gasteiger partial charge in [-0.3, -0.25) is 4.79 Å². The maximum absolute atomic E-state index is 12.8. The van der Waals surface area contributed by atoms with Crippen LogP contribution in [0.4, 0.5) is 0 Å². The van der Waals surface area contributed by atoms with Gasteiger partial charge >= 0.3 is 0 Å². The van der Waals surface area contributed by atoms with Gasteiger partial charge in [0.15, 0.2) is 0 Å². The van der Waals surface area contributed by atoms with Gasteiger partial charge in [0.05, 0.1) is 16.8 Å². The van der Waals surface area contributed by atoms with Gasteiger partial charge in [-0.25, -0.2) is 14.6 Å². The molecule has 0 bridgehead atoms. The molecule has 3 aromatic heterocycles. The molecule has 5 aromatic rings. The van der Waals surface area contributed by atoms with Crippen molar-refractivity contribution in [2.75, 3.05) is 0 Å². The summed E-state index contributed by atoms with van der Waals surface area (Å²) in [4.78, 5) is 25.3. The summed E-state index contributed by atoms with van der Waals surface area (Å²) >= 11 is 9.17. The molecule has 0 aliphatic carbocycles. The number of aromatic nitrogens is 5. The SMILES string of the molecule is O=c1[nH]c(CSc2ncn(-c3ccccc3)n2)nc2scc(-c3ccccc3Cl)c12. The van der Waals surface area contributed by atoms with E-state index in [2.05, 4.69) is 20.1 Å². The second-order valence-corrected chi connectivity index (χ2v) is 8.63. The first kappa shape index (κ1) is 19.0. The van der Waals surface area contributed by atoms with Crippen LogP contribution in [0, 0.1) is 0 Å². The molecular weight excluding hydrogens is 438 g/mol. The van der Waals surface area contributed by atoms with Gasteiger partial charge in [0.25, 0.3) is 5.56 Å². The van der Waals surface area contributed by atoms with Crippen molar-refractivity contribution < 1.29 is 0 Å². The molecule has 3 heterocycles. The lowest BCUT2D eigenvalue weighted by atomic mass is 10.1. The van der Waals surface area contributed by atoms with Gasteiger partial charge in [-0.2, -0.15) is 0 Å². The number of benzene rings is 2. The topological polar surface area (TPSA) is 76.5 Å². The van der Waals surface area contributed by atoms with Crippen LogP contribution in [0.3, 0.4) is 0 Å². The Kier molecular flexibility index (Phi) is 5.12. The number of fused-ring (bicyclic) bond motifs is 1. The molecule has 0 spiro atoms. The Bertz CT molecular complexity index is 1390. The van der Waals surface area contributed by atoms with Crippen LogP contribution in [0.2, 0.25) is 5.02 Å². The van der Waals surface area contributed by atoms with E-state index in [1.54, 1.807) is 11.0 Å². The van der Waals surface area contributed by atoms with Gasteiger partial charge in [0.1, 0.15) is 17.0 Å². The number of hydrogen-bond acceptors (Lipinski definition) is 6. The van der Waals surface area contributed by atoms with Crippen LogP contribution in [0.1, 0.15) is 5.82 Å². The van der Waals surface area contributed by atoms with E-state index in [1.807, 2.05) is 60.0 Å². The summed E-state index contributed by atoms with van der Waals surface area (Å²) in [6.07, 6.45) is 1.67. The van der Waals surface area contributed by atoms with E-state index in [9.17, 15) is 4.79 Å². The van der Waals surface area contributed by atoms with Crippen LogP contribution in [-0.2, 0) is 5.75 Å². The number of hydrogen-bond donors (Lipinski definition) is 1. The molecule has 5 rings (SSSR count). The number of nitrogens with one attached hydrogen (secondary N) is 1. The summed E-state index contributed by atoms with van der Waals surface area (Å²) in [5.74, 6) is 1.05. The Labute approximate surface area is 184 Å². The lowest BCUT2D eigenvalue weighted by Crippen LogP contribution is -2.10. The molecule has 1 N–H and O–H groups in total. The number of thioether (sulfide) groups is 1. The highest BCUT2D eigenvalue weighted by atomic mass is 35.5. The van der Waals surface area contributed by atoms with Crippen molar-refractivity contribution in [3.63, 3.8) is 0 Å². The molecular formula is C21H14ClN5OS2. The fraction of sp³-hybridized carbons (Fsp3) is 0.0476. The van der Waals surface area contributed by atoms with Crippen LogP contribution < -0.4 is 5.56 Å². The number of halogens is 1. The predicted molar refractivity (Wildman–Crippen MR) is 122 cm³/mol. The summed E-state index contributed by atoms with van der Waals surface area (Å²) in [6, 6.07) is 17.3. The van der Waals surface area contributed by atoms with Gasteiger partial charge in [0, 0.05) is 21.5 Å². The third-order valence-electron chi connectivity index (χ3n) is 4.49. The zero-order chi connectivity index (χ0) is 20.5. The molecule has 0 radical (unpaired) electrons. The van der Waals surface area contributed by atoms with E-state index in [0.29, 0.717) is 32.0 Å². The fourth-order valence-electron chi connectivity index (χ4n) is 3.09. The molecule has 0 unspecified atom stereocenters. The second-order valence-electron chi connectivity index (χ2n) is 6.42. The van der Waals surface area contributed by atoms with E-state index in [0.717, 1.165) is 16.8 Å². The number of thiophene rings is 1. The van der Waals surface area contributed by atoms with Crippen molar-refractivity contribution in [3.8, 4) is 16.8 Å². The lowest BCUT2D eigenvalue weighted by Gasteiger charge is -2.03. The second kappa shape index (κ2) is 8.06. The van der Waals surface area contributed by atoms with Crippen molar-refractivity contribution in [2.45, 2.75) is 10.9 Å². The van der Waals surface area contributed by atoms with E-state index in [-0.39, 0.29) is 5.56 Å². The van der Waals surface area contributed by atoms with Gasteiger partial charge in [0.2, 0.25) is 5.16 Å². The molecule has 0 amide bonds. The normalized spacial score (nSPS) is 11.2. The minimum atomic E-state index is -0.172. The van der Waals surface area contributed by atoms with Crippen LogP contribution in [0.5, 0.6) is 0 Å². The molecule has 6 nitrogen and oxygen atoms in total. The fourth-order valence-corrected chi connectivity index (χ4v) is 4.96. The highest BCUT2D eigenvalue weighted by Gasteiger charge is 2.15. The Morgan fingerprint density at radius 1 is 1.07 bits per heavy atom. The summed E-state index contributed by atoms with van der Waals surface area (Å²) in [5, 5.41) is 8.18. The minimum absolute atomic E-state index is 0.172. The van der Waals surface area contributed by atoms with Crippen LogP contribution >= 0.6 is 34.7 Å². The van der Waals surface area contributed by atoms with E-state index in [1.165, 1.54) is 23.1 Å². The first-order valence-corrected chi connectivity index (χ1v) is 11.3. The average molecular weight is 452 g/mol. The van der Waals surface area contributed by atoms with Crippen molar-refractivity contribution in [1.82, 2.24) is 24.7 Å². The van der Waals surface area contributed by atoms with Crippen LogP contribution in [-0.4, -0.2) is 24.7 Å². The maximum atomic E-state index is 12.8. The molecule has 0 atom stereocenters. The first-order chi connectivity index (χ1) is 14.7. The number of aromatic amines is 1. The summed E-state index contributed by atoms with van der Waals surface area (Å²) in [5.41, 5.74) is 2.40. The Morgan fingerprint density at radius 2 is 1.87 bits per heavy atom. The summed E-state index contributed by atoms with van der Waals surface area (Å²) in [6.45, 7) is 0. The Hall–Kier alpha value is -2.94. The van der Waals surface area contributed by atoms with Gasteiger partial charge in [-0.1, -0.05) is 59.8 Å². The monoisotopic (exact) mass is 451 g/mol. The molecule has 148 valence electrons. The smallest absolute Gasteiger partial charge is 0.260 e. The molecule has 0 fully saturated rings. The van der Waals surface area contributed by atoms with Gasteiger partial charge < -0.3 is 4.98 Å². The molecule has 2 aromatic carbocycles. The predicted octanol–water partition coefficient (Wildman–Crippen LogP) is 5.18. The van der Waals surface area contributed by atoms with Gasteiger partial charge in [-0.15, -0.1) is 16.4 Å². The molecule has 0 saturated carbocycles. The van der Waals surface area contributed by atoms with Crippen molar-refractivity contribution >= 4 is 44.9 Å². The number of para-hydroxylation sites is 1. The average Bonchev–Trinajstić information content (AvgIpc) is 3.41. The molecule has 0 saturated heterocycles. The van der Waals surface area contributed by atoms with E-state index in [4.69, 9.17) is 11.6 Å². The summed E-state index contributed by atoms with van der Waals surface area (Å²) in [7, 11) is 0. The van der Waals surface area contributed by atoms with E-state index >= 15 is 0 Å². The largest absolute Gasteiger partial charge is 0.309 e. The highest BCUT2D eigenvalue weighted by Crippen LogP contribution is 2.35. The first-order valence-electron chi connectivity index (χ1n) is 9.04. The third kappa shape index (κ3) is 3.65. The standard InChI is InChI=1S/C21H14ClN5OS2/c22-16-9-5-4-8-14(16)15-10-29-20-18(15)19(28)24-17(25-20)11-30-21-23-12-27(26-21)13-6-2-1-3-7-13/h1-10,12H,11H2,(H,24,25,28). The van der Waals surface area contributed by atoms with E-state index < -0.39 is 0 Å². The quantitative estimate of drug-likeness (QED) is 0.372. The third-order valence-corrected chi connectivity index (χ3v) is 6.55. The van der Waals surface area contributed by atoms with Crippen LogP contribution in [0.25, 0.3) is 27.0 Å². The molecule has 30 heavy (non-hydrogen) atoms. The Morgan fingerprint density at radius 3 is 2.70 bits per heavy atom. The number of H-pyrrole nitrogens is 1. The zero-order valence-electron chi connectivity index (χ0n) is 15.4. The Balaban J connectivity index is 1.40. The van der Waals surface area contributed by atoms with Crippen molar-refractivity contribution in [3.05, 3.63) is 87.5 Å². The van der Waals surface area contributed by atoms with Crippen LogP contribution in [0.15, 0.2) is 76.3 Å². The molecule has 0 aliphatic heterocycles. The maximum Gasteiger partial charge on any atom is 0.260 e. The molecule has 9 heteroatoms. The van der Waals surface area contributed by atoms with Gasteiger partial charge in [-0.05, 0) is 18.2 Å².